The van der Waals surface area contributed by atoms with E-state index in [0.29, 0.717) is 12.3 Å². The van der Waals surface area contributed by atoms with Gasteiger partial charge in [-0.3, -0.25) is 4.79 Å². The minimum absolute atomic E-state index is 0.0269. The summed E-state index contributed by atoms with van der Waals surface area (Å²) in [6.07, 6.45) is 2.44. The maximum atomic E-state index is 12.9. The van der Waals surface area contributed by atoms with E-state index in [1.54, 1.807) is 29.0 Å². The largest absolute Gasteiger partial charge is 0.489 e. The van der Waals surface area contributed by atoms with Gasteiger partial charge >= 0.3 is 0 Å². The van der Waals surface area contributed by atoms with Gasteiger partial charge in [-0.15, -0.1) is 0 Å². The van der Waals surface area contributed by atoms with Crippen molar-refractivity contribution in [2.75, 3.05) is 0 Å². The van der Waals surface area contributed by atoms with Crippen molar-refractivity contribution in [1.82, 2.24) is 4.57 Å². The van der Waals surface area contributed by atoms with Crippen LogP contribution in [0.5, 0.6) is 5.75 Å². The average Bonchev–Trinajstić information content (AvgIpc) is 2.67. The van der Waals surface area contributed by atoms with Gasteiger partial charge in [-0.25, -0.2) is 4.39 Å². The first-order valence-electron chi connectivity index (χ1n) is 8.40. The fourth-order valence-electron chi connectivity index (χ4n) is 2.57. The predicted octanol–water partition coefficient (Wildman–Crippen LogP) is 3.30. The monoisotopic (exact) mass is 353 g/mol. The number of halogens is 1. The molecule has 0 atom stereocenters. The molecular weight excluding hydrogens is 333 g/mol. The van der Waals surface area contributed by atoms with E-state index in [1.807, 2.05) is 24.3 Å². The summed E-state index contributed by atoms with van der Waals surface area (Å²) in [7, 11) is 0. The van der Waals surface area contributed by atoms with E-state index in [9.17, 15) is 9.18 Å². The maximum Gasteiger partial charge on any atom is 0.254 e. The van der Waals surface area contributed by atoms with Crippen LogP contribution in [-0.2, 0) is 26.2 Å². The van der Waals surface area contributed by atoms with Crippen LogP contribution in [0.1, 0.15) is 16.7 Å². The Morgan fingerprint density at radius 1 is 0.923 bits per heavy atom. The zero-order valence-electron chi connectivity index (χ0n) is 14.3. The molecule has 0 bridgehead atoms. The number of aliphatic hydroxyl groups is 1. The van der Waals surface area contributed by atoms with E-state index in [0.717, 1.165) is 23.1 Å². The summed E-state index contributed by atoms with van der Waals surface area (Å²) < 4.78 is 20.1. The Labute approximate surface area is 151 Å². The van der Waals surface area contributed by atoms with Crippen molar-refractivity contribution < 1.29 is 14.2 Å². The maximum absolute atomic E-state index is 12.9. The average molecular weight is 353 g/mol. The van der Waals surface area contributed by atoms with Crippen LogP contribution in [0.2, 0.25) is 0 Å². The van der Waals surface area contributed by atoms with E-state index < -0.39 is 0 Å². The molecule has 134 valence electrons. The molecule has 0 aliphatic heterocycles. The standard InChI is InChI=1S/C21H20FNO3/c22-19-7-5-18(6-8-19)15-26-20-10-12-23(21(25)13-20)11-9-16-1-3-17(14-24)4-2-16/h1-8,10,12-13,24H,9,11,14-15H2. The molecule has 0 aliphatic carbocycles. The van der Waals surface area contributed by atoms with Crippen LogP contribution in [-0.4, -0.2) is 9.67 Å². The van der Waals surface area contributed by atoms with Gasteiger partial charge in [0.25, 0.3) is 5.56 Å². The van der Waals surface area contributed by atoms with E-state index in [4.69, 9.17) is 9.84 Å². The van der Waals surface area contributed by atoms with Gasteiger partial charge in [0.15, 0.2) is 0 Å². The van der Waals surface area contributed by atoms with Crippen molar-refractivity contribution in [3.05, 3.63) is 99.7 Å². The predicted molar refractivity (Wildman–Crippen MR) is 97.5 cm³/mol. The highest BCUT2D eigenvalue weighted by molar-refractivity contribution is 5.23. The van der Waals surface area contributed by atoms with Crippen molar-refractivity contribution in [1.29, 1.82) is 0 Å². The van der Waals surface area contributed by atoms with Gasteiger partial charge in [0, 0.05) is 18.8 Å². The summed E-state index contributed by atoms with van der Waals surface area (Å²) in [4.78, 5) is 12.2. The highest BCUT2D eigenvalue weighted by Crippen LogP contribution is 2.11. The van der Waals surface area contributed by atoms with E-state index in [-0.39, 0.29) is 24.6 Å². The molecule has 0 spiro atoms. The number of hydrogen-bond donors (Lipinski definition) is 1. The molecule has 0 unspecified atom stereocenters. The SMILES string of the molecule is O=c1cc(OCc2ccc(F)cc2)ccn1CCc1ccc(CO)cc1. The number of aromatic nitrogens is 1. The lowest BCUT2D eigenvalue weighted by Crippen LogP contribution is -2.19. The number of benzene rings is 2. The topological polar surface area (TPSA) is 51.5 Å². The van der Waals surface area contributed by atoms with Crippen LogP contribution in [0, 0.1) is 5.82 Å². The molecule has 0 fully saturated rings. The first-order valence-corrected chi connectivity index (χ1v) is 8.40. The lowest BCUT2D eigenvalue weighted by molar-refractivity contribution is 0.282. The Kier molecular flexibility index (Phi) is 5.81. The number of rotatable bonds is 7. The van der Waals surface area contributed by atoms with Gasteiger partial charge in [0.1, 0.15) is 18.2 Å². The van der Waals surface area contributed by atoms with Crippen molar-refractivity contribution in [2.45, 2.75) is 26.2 Å². The molecule has 0 aliphatic rings. The number of aryl methyl sites for hydroxylation is 2. The van der Waals surface area contributed by atoms with Gasteiger partial charge in [0.2, 0.25) is 0 Å². The molecule has 3 rings (SSSR count). The summed E-state index contributed by atoms with van der Waals surface area (Å²) in [6.45, 7) is 0.871. The van der Waals surface area contributed by atoms with Gasteiger partial charge < -0.3 is 14.4 Å². The van der Waals surface area contributed by atoms with Crippen LogP contribution in [0.25, 0.3) is 0 Å². The fraction of sp³-hybridized carbons (Fsp3) is 0.190. The van der Waals surface area contributed by atoms with Crippen molar-refractivity contribution in [2.24, 2.45) is 0 Å². The van der Waals surface area contributed by atoms with Crippen molar-refractivity contribution in [3.8, 4) is 5.75 Å². The lowest BCUT2D eigenvalue weighted by atomic mass is 10.1. The third kappa shape index (κ3) is 4.80. The minimum atomic E-state index is -0.289. The third-order valence-corrected chi connectivity index (χ3v) is 4.13. The number of nitrogens with zero attached hydrogens (tertiary/aromatic N) is 1. The Bertz CT molecular complexity index is 902. The molecule has 0 saturated heterocycles. The second-order valence-electron chi connectivity index (χ2n) is 6.03. The van der Waals surface area contributed by atoms with Crippen molar-refractivity contribution >= 4 is 0 Å². The quantitative estimate of drug-likeness (QED) is 0.709. The highest BCUT2D eigenvalue weighted by atomic mass is 19.1. The first kappa shape index (κ1) is 17.9. The zero-order chi connectivity index (χ0) is 18.4. The first-order chi connectivity index (χ1) is 12.6. The van der Waals surface area contributed by atoms with Gasteiger partial charge in [0.05, 0.1) is 6.61 Å². The Hall–Kier alpha value is -2.92. The zero-order valence-corrected chi connectivity index (χ0v) is 14.3. The molecule has 0 amide bonds. The summed E-state index contributed by atoms with van der Waals surface area (Å²) in [6, 6.07) is 16.9. The number of ether oxygens (including phenoxy) is 1. The van der Waals surface area contributed by atoms with Crippen LogP contribution < -0.4 is 10.3 Å². The number of aliphatic hydroxyl groups excluding tert-OH is 1. The molecule has 2 aromatic carbocycles. The molecule has 26 heavy (non-hydrogen) atoms. The van der Waals surface area contributed by atoms with Crippen LogP contribution in [0.4, 0.5) is 4.39 Å². The van der Waals surface area contributed by atoms with Crippen LogP contribution >= 0.6 is 0 Å². The minimum Gasteiger partial charge on any atom is -0.489 e. The van der Waals surface area contributed by atoms with Gasteiger partial charge in [-0.05, 0) is 41.3 Å². The van der Waals surface area contributed by atoms with E-state index in [2.05, 4.69) is 0 Å². The second kappa shape index (κ2) is 8.45. The molecule has 1 aromatic heterocycles. The summed E-state index contributed by atoms with van der Waals surface area (Å²) >= 11 is 0. The van der Waals surface area contributed by atoms with Crippen LogP contribution in [0.3, 0.4) is 0 Å². The molecular formula is C21H20FNO3. The normalized spacial score (nSPS) is 10.7. The summed E-state index contributed by atoms with van der Waals surface area (Å²) in [5.74, 6) is 0.199. The number of hydrogen-bond acceptors (Lipinski definition) is 3. The van der Waals surface area contributed by atoms with Crippen LogP contribution in [0.15, 0.2) is 71.7 Å². The van der Waals surface area contributed by atoms with Gasteiger partial charge in [-0.2, -0.15) is 0 Å². The Balaban J connectivity index is 1.58. The molecule has 0 radical (unpaired) electrons. The molecule has 1 N–H and O–H groups in total. The molecule has 5 heteroatoms. The smallest absolute Gasteiger partial charge is 0.254 e. The molecule has 1 heterocycles. The fourth-order valence-corrected chi connectivity index (χ4v) is 2.57. The Morgan fingerprint density at radius 2 is 1.58 bits per heavy atom. The Morgan fingerprint density at radius 3 is 2.23 bits per heavy atom. The molecule has 4 nitrogen and oxygen atoms in total. The van der Waals surface area contributed by atoms with E-state index in [1.165, 1.54) is 18.2 Å². The lowest BCUT2D eigenvalue weighted by Gasteiger charge is -2.09. The second-order valence-corrected chi connectivity index (χ2v) is 6.03. The third-order valence-electron chi connectivity index (χ3n) is 4.13. The van der Waals surface area contributed by atoms with E-state index >= 15 is 0 Å². The highest BCUT2D eigenvalue weighted by Gasteiger charge is 2.02. The molecule has 0 saturated carbocycles. The summed E-state index contributed by atoms with van der Waals surface area (Å²) in [5.41, 5.74) is 2.68. The summed E-state index contributed by atoms with van der Waals surface area (Å²) in [5, 5.41) is 9.05. The van der Waals surface area contributed by atoms with Crippen molar-refractivity contribution in [3.63, 3.8) is 0 Å². The molecule has 3 aromatic rings. The van der Waals surface area contributed by atoms with Gasteiger partial charge in [-0.1, -0.05) is 36.4 Å². The number of pyridine rings is 1.